The van der Waals surface area contributed by atoms with E-state index in [1.165, 1.54) is 26.7 Å². The van der Waals surface area contributed by atoms with E-state index in [0.29, 0.717) is 26.2 Å². The smallest absolute Gasteiger partial charge is 0.244 e. The van der Waals surface area contributed by atoms with Gasteiger partial charge in [-0.15, -0.1) is 0 Å². The van der Waals surface area contributed by atoms with Crippen molar-refractivity contribution in [1.29, 1.82) is 5.26 Å². The van der Waals surface area contributed by atoms with Crippen molar-refractivity contribution >= 4 is 20.8 Å². The molecule has 5 nitrogen and oxygen atoms in total. The summed E-state index contributed by atoms with van der Waals surface area (Å²) in [6.45, 7) is 2.97. The van der Waals surface area contributed by atoms with Crippen LogP contribution in [0, 0.1) is 11.3 Å². The molecule has 1 heterocycles. The van der Waals surface area contributed by atoms with Crippen molar-refractivity contribution in [2.75, 3.05) is 26.2 Å². The van der Waals surface area contributed by atoms with E-state index >= 15 is 0 Å². The zero-order chi connectivity index (χ0) is 19.6. The molecule has 0 spiro atoms. The van der Waals surface area contributed by atoms with Crippen LogP contribution in [0.3, 0.4) is 0 Å². The maximum Gasteiger partial charge on any atom is 0.244 e. The van der Waals surface area contributed by atoms with E-state index in [4.69, 9.17) is 0 Å². The van der Waals surface area contributed by atoms with Gasteiger partial charge in [-0.2, -0.15) is 9.57 Å². The third-order valence-electron chi connectivity index (χ3n) is 5.23. The fraction of sp³-hybridized carbons (Fsp3) is 0.227. The van der Waals surface area contributed by atoms with Crippen LogP contribution in [-0.2, 0) is 16.6 Å². The minimum atomic E-state index is -3.65. The molecule has 0 bridgehead atoms. The van der Waals surface area contributed by atoms with Crippen LogP contribution in [0.1, 0.15) is 11.1 Å². The molecular weight excluding hydrogens is 370 g/mol. The molecule has 6 heteroatoms. The van der Waals surface area contributed by atoms with Gasteiger partial charge >= 0.3 is 0 Å². The quantitative estimate of drug-likeness (QED) is 0.685. The Morgan fingerprint density at radius 1 is 0.857 bits per heavy atom. The molecule has 1 fully saturated rings. The fourth-order valence-corrected chi connectivity index (χ4v) is 5.29. The summed E-state index contributed by atoms with van der Waals surface area (Å²) in [5.74, 6) is 0. The average molecular weight is 391 g/mol. The highest BCUT2D eigenvalue weighted by molar-refractivity contribution is 7.89. The van der Waals surface area contributed by atoms with Gasteiger partial charge in [-0.05, 0) is 28.5 Å². The molecular formula is C22H21N3O2S. The first-order valence-electron chi connectivity index (χ1n) is 9.28. The molecule has 0 aliphatic carbocycles. The fourth-order valence-electron chi connectivity index (χ4n) is 3.72. The van der Waals surface area contributed by atoms with Gasteiger partial charge in [0.25, 0.3) is 0 Å². The predicted octanol–water partition coefficient (Wildman–Crippen LogP) is 3.22. The van der Waals surface area contributed by atoms with Gasteiger partial charge in [-0.1, -0.05) is 54.6 Å². The molecule has 0 aromatic heterocycles. The topological polar surface area (TPSA) is 64.4 Å². The summed E-state index contributed by atoms with van der Waals surface area (Å²) >= 11 is 0. The van der Waals surface area contributed by atoms with E-state index in [-0.39, 0.29) is 10.5 Å². The SMILES string of the molecule is N#Cc1ccccc1S(=O)(=O)N1CCN(Cc2cccc3ccccc23)CC1. The van der Waals surface area contributed by atoms with Crippen LogP contribution in [0.4, 0.5) is 0 Å². The molecule has 28 heavy (non-hydrogen) atoms. The van der Waals surface area contributed by atoms with Crippen LogP contribution >= 0.6 is 0 Å². The first-order valence-corrected chi connectivity index (χ1v) is 10.7. The number of hydrogen-bond acceptors (Lipinski definition) is 4. The summed E-state index contributed by atoms with van der Waals surface area (Å²) in [5.41, 5.74) is 1.45. The van der Waals surface area contributed by atoms with Crippen LogP contribution in [0.15, 0.2) is 71.6 Å². The third-order valence-corrected chi connectivity index (χ3v) is 7.19. The van der Waals surface area contributed by atoms with E-state index in [1.54, 1.807) is 18.2 Å². The average Bonchev–Trinajstić information content (AvgIpc) is 2.74. The Bertz CT molecular complexity index is 1140. The highest BCUT2D eigenvalue weighted by Crippen LogP contribution is 2.23. The molecule has 3 aromatic rings. The zero-order valence-corrected chi connectivity index (χ0v) is 16.3. The number of nitriles is 1. The van der Waals surface area contributed by atoms with E-state index in [9.17, 15) is 13.7 Å². The van der Waals surface area contributed by atoms with Crippen molar-refractivity contribution < 1.29 is 8.42 Å². The molecule has 1 aliphatic rings. The van der Waals surface area contributed by atoms with Gasteiger partial charge in [0.1, 0.15) is 6.07 Å². The van der Waals surface area contributed by atoms with Crippen molar-refractivity contribution in [1.82, 2.24) is 9.21 Å². The standard InChI is InChI=1S/C22H21N3O2S/c23-16-19-7-2-4-11-22(19)28(26,27)25-14-12-24(13-15-25)17-20-9-5-8-18-6-1-3-10-21(18)20/h1-11H,12-15,17H2. The van der Waals surface area contributed by atoms with Crippen LogP contribution in [0.5, 0.6) is 0 Å². The minimum absolute atomic E-state index is 0.0972. The molecule has 0 radical (unpaired) electrons. The lowest BCUT2D eigenvalue weighted by Gasteiger charge is -2.34. The second kappa shape index (κ2) is 7.72. The normalized spacial score (nSPS) is 16.1. The second-order valence-corrected chi connectivity index (χ2v) is 8.83. The zero-order valence-electron chi connectivity index (χ0n) is 15.5. The number of hydrogen-bond donors (Lipinski definition) is 0. The lowest BCUT2D eigenvalue weighted by Crippen LogP contribution is -2.48. The monoisotopic (exact) mass is 391 g/mol. The third kappa shape index (κ3) is 3.52. The lowest BCUT2D eigenvalue weighted by molar-refractivity contribution is 0.182. The molecule has 1 aliphatic heterocycles. The number of nitrogens with zero attached hydrogens (tertiary/aromatic N) is 3. The Morgan fingerprint density at radius 3 is 2.32 bits per heavy atom. The van der Waals surface area contributed by atoms with Crippen molar-refractivity contribution in [2.24, 2.45) is 0 Å². The summed E-state index contributed by atoms with van der Waals surface area (Å²) in [5, 5.41) is 11.7. The van der Waals surface area contributed by atoms with Gasteiger partial charge in [-0.3, -0.25) is 4.90 Å². The highest BCUT2D eigenvalue weighted by Gasteiger charge is 2.30. The number of rotatable bonds is 4. The van der Waals surface area contributed by atoms with Gasteiger partial charge in [0, 0.05) is 32.7 Å². The van der Waals surface area contributed by atoms with Crippen molar-refractivity contribution in [3.05, 3.63) is 77.9 Å². The number of fused-ring (bicyclic) bond motifs is 1. The molecule has 0 N–H and O–H groups in total. The summed E-state index contributed by atoms with van der Waals surface area (Å²) in [7, 11) is -3.65. The van der Waals surface area contributed by atoms with Crippen molar-refractivity contribution in [2.45, 2.75) is 11.4 Å². The number of benzene rings is 3. The summed E-state index contributed by atoms with van der Waals surface area (Å²) in [6, 6.07) is 23.0. The molecule has 4 rings (SSSR count). The molecule has 0 amide bonds. The van der Waals surface area contributed by atoms with Crippen LogP contribution < -0.4 is 0 Å². The number of sulfonamides is 1. The lowest BCUT2D eigenvalue weighted by atomic mass is 10.0. The van der Waals surface area contributed by atoms with Gasteiger partial charge < -0.3 is 0 Å². The molecule has 3 aromatic carbocycles. The minimum Gasteiger partial charge on any atom is -0.296 e. The molecule has 1 saturated heterocycles. The molecule has 0 saturated carbocycles. The molecule has 142 valence electrons. The maximum absolute atomic E-state index is 13.0. The molecule has 0 atom stereocenters. The largest absolute Gasteiger partial charge is 0.296 e. The van der Waals surface area contributed by atoms with Crippen LogP contribution in [0.25, 0.3) is 10.8 Å². The first kappa shape index (κ1) is 18.6. The Kier molecular flexibility index (Phi) is 5.14. The summed E-state index contributed by atoms with van der Waals surface area (Å²) in [4.78, 5) is 2.38. The van der Waals surface area contributed by atoms with Gasteiger partial charge in [-0.25, -0.2) is 8.42 Å². The predicted molar refractivity (Wildman–Crippen MR) is 109 cm³/mol. The van der Waals surface area contributed by atoms with Crippen molar-refractivity contribution in [3.63, 3.8) is 0 Å². The van der Waals surface area contributed by atoms with Crippen LogP contribution in [0.2, 0.25) is 0 Å². The Balaban J connectivity index is 1.48. The maximum atomic E-state index is 13.0. The van der Waals surface area contributed by atoms with E-state index < -0.39 is 10.0 Å². The number of piperazine rings is 1. The molecule has 0 unspecified atom stereocenters. The van der Waals surface area contributed by atoms with Gasteiger partial charge in [0.15, 0.2) is 0 Å². The van der Waals surface area contributed by atoms with Crippen molar-refractivity contribution in [3.8, 4) is 6.07 Å². The Labute approximate surface area is 165 Å². The Hall–Kier alpha value is -2.72. The Morgan fingerprint density at radius 2 is 1.54 bits per heavy atom. The summed E-state index contributed by atoms with van der Waals surface area (Å²) in [6.07, 6.45) is 0. The van der Waals surface area contributed by atoms with E-state index in [1.807, 2.05) is 18.2 Å². The first-order chi connectivity index (χ1) is 13.6. The van der Waals surface area contributed by atoms with Gasteiger partial charge in [0.2, 0.25) is 10.0 Å². The van der Waals surface area contributed by atoms with Crippen LogP contribution in [-0.4, -0.2) is 43.8 Å². The highest BCUT2D eigenvalue weighted by atomic mass is 32.2. The van der Waals surface area contributed by atoms with E-state index in [2.05, 4.69) is 35.2 Å². The second-order valence-electron chi connectivity index (χ2n) is 6.93. The van der Waals surface area contributed by atoms with Gasteiger partial charge in [0.05, 0.1) is 10.5 Å². The van der Waals surface area contributed by atoms with E-state index in [0.717, 1.165) is 6.54 Å². The summed E-state index contributed by atoms with van der Waals surface area (Å²) < 4.78 is 27.4.